The van der Waals surface area contributed by atoms with Crippen LogP contribution in [0.5, 0.6) is 0 Å². The van der Waals surface area contributed by atoms with E-state index in [4.69, 9.17) is 4.74 Å². The molecule has 2 aliphatic rings. The minimum Gasteiger partial charge on any atom is -0.371 e. The lowest BCUT2D eigenvalue weighted by Crippen LogP contribution is -2.47. The number of benzene rings is 1. The van der Waals surface area contributed by atoms with Crippen molar-refractivity contribution in [3.05, 3.63) is 34.3 Å². The van der Waals surface area contributed by atoms with Gasteiger partial charge in [0, 0.05) is 56.7 Å². The summed E-state index contributed by atoms with van der Waals surface area (Å²) < 4.78 is 6.98. The predicted octanol–water partition coefficient (Wildman–Crippen LogP) is 1.64. The molecule has 0 aliphatic carbocycles. The summed E-state index contributed by atoms with van der Waals surface area (Å²) in [7, 11) is 0. The van der Waals surface area contributed by atoms with E-state index in [0.717, 1.165) is 56.9 Å². The van der Waals surface area contributed by atoms with Crippen LogP contribution in [0.15, 0.2) is 28.7 Å². The number of piperazine rings is 1. The van der Waals surface area contributed by atoms with Crippen LogP contribution >= 0.6 is 15.9 Å². The summed E-state index contributed by atoms with van der Waals surface area (Å²) >= 11 is 3.51. The number of amides is 1. The summed E-state index contributed by atoms with van der Waals surface area (Å²) in [4.78, 5) is 16.6. The summed E-state index contributed by atoms with van der Waals surface area (Å²) in [6.45, 7) is 6.79. The quantitative estimate of drug-likeness (QED) is 0.860. The number of carbonyl (C=O) groups excluding carboxylic acids is 1. The first-order valence-electron chi connectivity index (χ1n) is 8.30. The molecule has 0 aromatic heterocycles. The number of nitrogens with zero attached hydrogens (tertiary/aromatic N) is 2. The molecule has 1 amide bonds. The first-order chi connectivity index (χ1) is 11.2. The Morgan fingerprint density at radius 3 is 2.91 bits per heavy atom. The van der Waals surface area contributed by atoms with Crippen LogP contribution < -0.4 is 5.32 Å². The summed E-state index contributed by atoms with van der Waals surface area (Å²) in [6, 6.07) is 8.27. The zero-order valence-corrected chi connectivity index (χ0v) is 14.9. The highest BCUT2D eigenvalue weighted by molar-refractivity contribution is 9.10. The van der Waals surface area contributed by atoms with Crippen LogP contribution in [0.4, 0.5) is 0 Å². The monoisotopic (exact) mass is 381 g/mol. The molecule has 0 bridgehead atoms. The van der Waals surface area contributed by atoms with Crippen molar-refractivity contribution in [1.82, 2.24) is 15.1 Å². The van der Waals surface area contributed by atoms with E-state index in [1.807, 2.05) is 17.0 Å². The highest BCUT2D eigenvalue weighted by Crippen LogP contribution is 2.24. The second kappa shape index (κ2) is 8.24. The smallest absolute Gasteiger partial charge is 0.223 e. The van der Waals surface area contributed by atoms with E-state index in [2.05, 4.69) is 38.3 Å². The molecule has 2 heterocycles. The number of halogens is 1. The lowest BCUT2D eigenvalue weighted by atomic mass is 10.1. The molecule has 6 heteroatoms. The van der Waals surface area contributed by atoms with Crippen molar-refractivity contribution in [1.29, 1.82) is 0 Å². The van der Waals surface area contributed by atoms with E-state index in [9.17, 15) is 4.79 Å². The normalized spacial score (nSPS) is 23.0. The van der Waals surface area contributed by atoms with Gasteiger partial charge in [-0.2, -0.15) is 0 Å². The fourth-order valence-electron chi connectivity index (χ4n) is 3.14. The maximum Gasteiger partial charge on any atom is 0.223 e. The number of morpholine rings is 1. The van der Waals surface area contributed by atoms with Crippen molar-refractivity contribution in [3.8, 4) is 0 Å². The summed E-state index contributed by atoms with van der Waals surface area (Å²) in [5.74, 6) is 0.275. The molecule has 2 fully saturated rings. The molecule has 1 atom stereocenters. The molecule has 23 heavy (non-hydrogen) atoms. The standard InChI is InChI=1S/C17H24BrN3O2/c18-15-3-1-2-14(12-15)16-13-20(10-11-23-16)7-4-17(22)21-8-5-19-6-9-21/h1-3,12,16,19H,4-11,13H2. The molecule has 0 saturated carbocycles. The lowest BCUT2D eigenvalue weighted by molar-refractivity contribution is -0.132. The molecular weight excluding hydrogens is 358 g/mol. The number of hydrogen-bond acceptors (Lipinski definition) is 4. The average Bonchev–Trinajstić information content (AvgIpc) is 2.61. The Balaban J connectivity index is 1.49. The zero-order valence-electron chi connectivity index (χ0n) is 13.3. The van der Waals surface area contributed by atoms with Crippen LogP contribution in [0.25, 0.3) is 0 Å². The van der Waals surface area contributed by atoms with Gasteiger partial charge in [-0.15, -0.1) is 0 Å². The number of hydrogen-bond donors (Lipinski definition) is 1. The molecule has 0 radical (unpaired) electrons. The lowest BCUT2D eigenvalue weighted by Gasteiger charge is -2.34. The van der Waals surface area contributed by atoms with Gasteiger partial charge in [-0.05, 0) is 17.7 Å². The largest absolute Gasteiger partial charge is 0.371 e. The molecule has 1 N–H and O–H groups in total. The van der Waals surface area contributed by atoms with E-state index in [0.29, 0.717) is 6.42 Å². The van der Waals surface area contributed by atoms with Gasteiger partial charge in [-0.25, -0.2) is 0 Å². The highest BCUT2D eigenvalue weighted by Gasteiger charge is 2.23. The fourth-order valence-corrected chi connectivity index (χ4v) is 3.56. The van der Waals surface area contributed by atoms with Crippen LogP contribution in [0, 0.1) is 0 Å². The van der Waals surface area contributed by atoms with Gasteiger partial charge in [-0.3, -0.25) is 9.69 Å². The van der Waals surface area contributed by atoms with E-state index in [1.54, 1.807) is 0 Å². The van der Waals surface area contributed by atoms with Gasteiger partial charge in [-0.1, -0.05) is 28.1 Å². The van der Waals surface area contributed by atoms with Crippen LogP contribution in [0.1, 0.15) is 18.1 Å². The minimum atomic E-state index is 0.0931. The van der Waals surface area contributed by atoms with E-state index in [-0.39, 0.29) is 12.0 Å². The molecule has 1 unspecified atom stereocenters. The Kier molecular flexibility index (Phi) is 6.05. The van der Waals surface area contributed by atoms with Crippen LogP contribution in [-0.4, -0.2) is 68.1 Å². The van der Waals surface area contributed by atoms with Gasteiger partial charge in [0.15, 0.2) is 0 Å². The first kappa shape index (κ1) is 16.9. The molecule has 3 rings (SSSR count). The van der Waals surface area contributed by atoms with Gasteiger partial charge < -0.3 is 15.0 Å². The first-order valence-corrected chi connectivity index (χ1v) is 9.09. The Morgan fingerprint density at radius 1 is 1.30 bits per heavy atom. The SMILES string of the molecule is O=C(CCN1CCOC(c2cccc(Br)c2)C1)N1CCNCC1. The Morgan fingerprint density at radius 2 is 2.13 bits per heavy atom. The third-order valence-electron chi connectivity index (χ3n) is 4.48. The zero-order chi connectivity index (χ0) is 16.1. The van der Waals surface area contributed by atoms with Crippen LogP contribution in [0.3, 0.4) is 0 Å². The van der Waals surface area contributed by atoms with Crippen molar-refractivity contribution in [2.24, 2.45) is 0 Å². The molecule has 2 saturated heterocycles. The van der Waals surface area contributed by atoms with Crippen molar-refractivity contribution in [3.63, 3.8) is 0 Å². The third kappa shape index (κ3) is 4.76. The Bertz CT molecular complexity index is 534. The van der Waals surface area contributed by atoms with Gasteiger partial charge in [0.1, 0.15) is 0 Å². The minimum absolute atomic E-state index is 0.0931. The summed E-state index contributed by atoms with van der Waals surface area (Å²) in [5.41, 5.74) is 1.19. The van der Waals surface area contributed by atoms with Gasteiger partial charge in [0.25, 0.3) is 0 Å². The third-order valence-corrected chi connectivity index (χ3v) is 4.98. The molecule has 1 aromatic carbocycles. The van der Waals surface area contributed by atoms with E-state index >= 15 is 0 Å². The van der Waals surface area contributed by atoms with Crippen LogP contribution in [0.2, 0.25) is 0 Å². The van der Waals surface area contributed by atoms with Crippen LogP contribution in [-0.2, 0) is 9.53 Å². The van der Waals surface area contributed by atoms with E-state index in [1.165, 1.54) is 5.56 Å². The van der Waals surface area contributed by atoms with Crippen molar-refractivity contribution >= 4 is 21.8 Å². The van der Waals surface area contributed by atoms with Gasteiger partial charge in [0.05, 0.1) is 12.7 Å². The topological polar surface area (TPSA) is 44.8 Å². The van der Waals surface area contributed by atoms with Gasteiger partial charge >= 0.3 is 0 Å². The second-order valence-corrected chi connectivity index (χ2v) is 7.01. The molecule has 1 aromatic rings. The average molecular weight is 382 g/mol. The Labute approximate surface area is 146 Å². The molecule has 5 nitrogen and oxygen atoms in total. The molecule has 0 spiro atoms. The maximum absolute atomic E-state index is 12.3. The summed E-state index contributed by atoms with van der Waals surface area (Å²) in [5, 5.41) is 3.28. The molecular formula is C17H24BrN3O2. The van der Waals surface area contributed by atoms with E-state index < -0.39 is 0 Å². The van der Waals surface area contributed by atoms with Gasteiger partial charge in [0.2, 0.25) is 5.91 Å². The van der Waals surface area contributed by atoms with Crippen molar-refractivity contribution < 1.29 is 9.53 Å². The number of ether oxygens (including phenoxy) is 1. The number of carbonyl (C=O) groups is 1. The maximum atomic E-state index is 12.3. The number of rotatable bonds is 4. The second-order valence-electron chi connectivity index (χ2n) is 6.10. The van der Waals surface area contributed by atoms with Crippen molar-refractivity contribution in [2.45, 2.75) is 12.5 Å². The van der Waals surface area contributed by atoms with Crippen molar-refractivity contribution in [2.75, 3.05) is 52.4 Å². The highest BCUT2D eigenvalue weighted by atomic mass is 79.9. The fraction of sp³-hybridized carbons (Fsp3) is 0.588. The molecule has 126 valence electrons. The molecule has 2 aliphatic heterocycles. The number of nitrogens with one attached hydrogen (secondary N) is 1. The predicted molar refractivity (Wildman–Crippen MR) is 93.3 cm³/mol. The Hall–Kier alpha value is -0.950. The summed E-state index contributed by atoms with van der Waals surface area (Å²) in [6.07, 6.45) is 0.695.